The van der Waals surface area contributed by atoms with Gasteiger partial charge in [-0.05, 0) is 39.8 Å². The van der Waals surface area contributed by atoms with E-state index in [1.165, 1.54) is 0 Å². The second-order valence-electron chi connectivity index (χ2n) is 4.35. The minimum atomic E-state index is 0. The molecule has 1 amide bonds. The number of carbonyl (C=O) groups excluding carboxylic acids is 1. The fraction of sp³-hybridized carbons (Fsp3) is 0.909. The summed E-state index contributed by atoms with van der Waals surface area (Å²) in [6.07, 6.45) is 2.21. The standard InChI is InChI=1S/C11H22N2O2.ClH/c1-9(2)15-8-11(14)13(3)10-4-6-12-7-5-10;/h9-10,12H,4-8H2,1-3H3;1H. The number of carbonyl (C=O) groups is 1. The Bertz CT molecular complexity index is 206. The van der Waals surface area contributed by atoms with E-state index in [1.54, 1.807) is 0 Å². The van der Waals surface area contributed by atoms with Crippen molar-refractivity contribution in [2.24, 2.45) is 0 Å². The zero-order valence-corrected chi connectivity index (χ0v) is 11.2. The molecule has 16 heavy (non-hydrogen) atoms. The van der Waals surface area contributed by atoms with E-state index in [4.69, 9.17) is 4.74 Å². The lowest BCUT2D eigenvalue weighted by Crippen LogP contribution is -2.45. The van der Waals surface area contributed by atoms with E-state index in [2.05, 4.69) is 5.32 Å². The van der Waals surface area contributed by atoms with Crippen molar-refractivity contribution < 1.29 is 9.53 Å². The Hall–Kier alpha value is -0.320. The van der Waals surface area contributed by atoms with Crippen LogP contribution < -0.4 is 5.32 Å². The molecule has 4 nitrogen and oxygen atoms in total. The summed E-state index contributed by atoms with van der Waals surface area (Å²) in [5.41, 5.74) is 0. The largest absolute Gasteiger partial charge is 0.369 e. The van der Waals surface area contributed by atoms with Gasteiger partial charge in [0.2, 0.25) is 5.91 Å². The molecule has 0 aliphatic carbocycles. The first-order valence-corrected chi connectivity index (χ1v) is 5.69. The summed E-state index contributed by atoms with van der Waals surface area (Å²) in [5.74, 6) is 0.0931. The maximum atomic E-state index is 11.7. The lowest BCUT2D eigenvalue weighted by atomic mass is 10.1. The first-order valence-electron chi connectivity index (χ1n) is 5.69. The molecule has 1 aliphatic rings. The Morgan fingerprint density at radius 3 is 2.50 bits per heavy atom. The zero-order valence-electron chi connectivity index (χ0n) is 10.4. The number of nitrogens with zero attached hydrogens (tertiary/aromatic N) is 1. The number of halogens is 1. The van der Waals surface area contributed by atoms with Crippen molar-refractivity contribution in [2.75, 3.05) is 26.7 Å². The molecule has 0 aromatic rings. The third-order valence-corrected chi connectivity index (χ3v) is 2.79. The highest BCUT2D eigenvalue weighted by Crippen LogP contribution is 2.10. The van der Waals surface area contributed by atoms with Gasteiger partial charge in [-0.2, -0.15) is 0 Å². The molecule has 1 N–H and O–H groups in total. The van der Waals surface area contributed by atoms with Crippen LogP contribution in [-0.4, -0.2) is 49.7 Å². The fourth-order valence-corrected chi connectivity index (χ4v) is 1.74. The summed E-state index contributed by atoms with van der Waals surface area (Å²) >= 11 is 0. The number of amides is 1. The molecule has 1 aliphatic heterocycles. The van der Waals surface area contributed by atoms with E-state index < -0.39 is 0 Å². The first-order chi connectivity index (χ1) is 7.11. The molecule has 1 heterocycles. The van der Waals surface area contributed by atoms with Crippen molar-refractivity contribution in [1.29, 1.82) is 0 Å². The highest BCUT2D eigenvalue weighted by Gasteiger charge is 2.21. The van der Waals surface area contributed by atoms with E-state index in [9.17, 15) is 4.79 Å². The van der Waals surface area contributed by atoms with Crippen LogP contribution in [0.25, 0.3) is 0 Å². The average Bonchev–Trinajstić information content (AvgIpc) is 2.26. The zero-order chi connectivity index (χ0) is 11.3. The lowest BCUT2D eigenvalue weighted by Gasteiger charge is -2.31. The molecule has 0 saturated carbocycles. The van der Waals surface area contributed by atoms with Crippen LogP contribution in [0.2, 0.25) is 0 Å². The summed E-state index contributed by atoms with van der Waals surface area (Å²) < 4.78 is 5.31. The molecule has 0 atom stereocenters. The molecule has 0 unspecified atom stereocenters. The second kappa shape index (κ2) is 7.87. The minimum Gasteiger partial charge on any atom is -0.369 e. The van der Waals surface area contributed by atoms with Gasteiger partial charge in [0, 0.05) is 13.1 Å². The van der Waals surface area contributed by atoms with Crippen molar-refractivity contribution >= 4 is 18.3 Å². The van der Waals surface area contributed by atoms with Crippen molar-refractivity contribution in [2.45, 2.75) is 38.8 Å². The minimum absolute atomic E-state index is 0. The Labute approximate surface area is 104 Å². The highest BCUT2D eigenvalue weighted by atomic mass is 35.5. The van der Waals surface area contributed by atoms with Gasteiger partial charge in [-0.1, -0.05) is 0 Å². The number of likely N-dealkylation sites (N-methyl/N-ethyl adjacent to an activating group) is 1. The fourth-order valence-electron chi connectivity index (χ4n) is 1.74. The van der Waals surface area contributed by atoms with Gasteiger partial charge in [-0.25, -0.2) is 0 Å². The molecule has 0 radical (unpaired) electrons. The summed E-state index contributed by atoms with van der Waals surface area (Å²) in [4.78, 5) is 13.6. The quantitative estimate of drug-likeness (QED) is 0.811. The van der Waals surface area contributed by atoms with Gasteiger partial charge in [0.25, 0.3) is 0 Å². The monoisotopic (exact) mass is 250 g/mol. The normalized spacial score (nSPS) is 17.0. The van der Waals surface area contributed by atoms with Crippen LogP contribution in [0.15, 0.2) is 0 Å². The molecule has 96 valence electrons. The van der Waals surface area contributed by atoms with Crippen LogP contribution in [0.3, 0.4) is 0 Å². The molecule has 1 rings (SSSR count). The Morgan fingerprint density at radius 2 is 2.00 bits per heavy atom. The predicted molar refractivity (Wildman–Crippen MR) is 67.0 cm³/mol. The van der Waals surface area contributed by atoms with Gasteiger partial charge in [-0.15, -0.1) is 12.4 Å². The summed E-state index contributed by atoms with van der Waals surface area (Å²) in [6.45, 7) is 6.11. The van der Waals surface area contributed by atoms with Crippen molar-refractivity contribution in [1.82, 2.24) is 10.2 Å². The molecular formula is C11H23ClN2O2. The molecule has 1 fully saturated rings. The number of nitrogens with one attached hydrogen (secondary N) is 1. The summed E-state index contributed by atoms with van der Waals surface area (Å²) in [5, 5.41) is 3.29. The van der Waals surface area contributed by atoms with Crippen molar-refractivity contribution in [3.05, 3.63) is 0 Å². The van der Waals surface area contributed by atoms with E-state index in [0.29, 0.717) is 6.04 Å². The van der Waals surface area contributed by atoms with Crippen molar-refractivity contribution in [3.8, 4) is 0 Å². The third kappa shape index (κ3) is 5.14. The molecule has 0 spiro atoms. The number of hydrogen-bond acceptors (Lipinski definition) is 3. The first kappa shape index (κ1) is 15.7. The third-order valence-electron chi connectivity index (χ3n) is 2.79. The van der Waals surface area contributed by atoms with Gasteiger partial charge in [0.05, 0.1) is 6.10 Å². The van der Waals surface area contributed by atoms with Crippen LogP contribution in [0.5, 0.6) is 0 Å². The molecule has 0 aromatic carbocycles. The van der Waals surface area contributed by atoms with Gasteiger partial charge >= 0.3 is 0 Å². The highest BCUT2D eigenvalue weighted by molar-refractivity contribution is 5.85. The molecule has 1 saturated heterocycles. The molecule has 5 heteroatoms. The second-order valence-corrected chi connectivity index (χ2v) is 4.35. The number of piperidine rings is 1. The molecular weight excluding hydrogens is 228 g/mol. The van der Waals surface area contributed by atoms with Gasteiger partial charge in [-0.3, -0.25) is 4.79 Å². The van der Waals surface area contributed by atoms with E-state index in [-0.39, 0.29) is 31.0 Å². The van der Waals surface area contributed by atoms with Crippen molar-refractivity contribution in [3.63, 3.8) is 0 Å². The maximum absolute atomic E-state index is 11.7. The van der Waals surface area contributed by atoms with Crippen LogP contribution in [-0.2, 0) is 9.53 Å². The number of hydrogen-bond donors (Lipinski definition) is 1. The molecule has 0 bridgehead atoms. The summed E-state index contributed by atoms with van der Waals surface area (Å²) in [7, 11) is 1.88. The average molecular weight is 251 g/mol. The molecule has 0 aromatic heterocycles. The predicted octanol–water partition coefficient (Wildman–Crippen LogP) is 1.04. The van der Waals surface area contributed by atoms with Crippen LogP contribution in [0.4, 0.5) is 0 Å². The van der Waals surface area contributed by atoms with Gasteiger partial charge < -0.3 is 15.0 Å². The van der Waals surface area contributed by atoms with E-state index in [0.717, 1.165) is 25.9 Å². The SMILES string of the molecule is CC(C)OCC(=O)N(C)C1CCNCC1.Cl. The Morgan fingerprint density at radius 1 is 1.44 bits per heavy atom. The summed E-state index contributed by atoms with van der Waals surface area (Å²) in [6, 6.07) is 0.384. The maximum Gasteiger partial charge on any atom is 0.248 e. The lowest BCUT2D eigenvalue weighted by molar-refractivity contribution is -0.138. The van der Waals surface area contributed by atoms with E-state index in [1.807, 2.05) is 25.8 Å². The smallest absolute Gasteiger partial charge is 0.248 e. The van der Waals surface area contributed by atoms with Crippen LogP contribution in [0.1, 0.15) is 26.7 Å². The Kier molecular flexibility index (Phi) is 7.72. The Balaban J connectivity index is 0.00000225. The topological polar surface area (TPSA) is 41.6 Å². The van der Waals surface area contributed by atoms with Crippen LogP contribution in [0, 0.1) is 0 Å². The number of rotatable bonds is 4. The van der Waals surface area contributed by atoms with Gasteiger partial charge in [0.1, 0.15) is 6.61 Å². The number of ether oxygens (including phenoxy) is 1. The van der Waals surface area contributed by atoms with E-state index >= 15 is 0 Å². The van der Waals surface area contributed by atoms with Crippen LogP contribution >= 0.6 is 12.4 Å². The van der Waals surface area contributed by atoms with Gasteiger partial charge in [0.15, 0.2) is 0 Å².